The molecule has 5 rings (SSSR count). The average Bonchev–Trinajstić information content (AvgIpc) is 3.32. The van der Waals surface area contributed by atoms with E-state index in [1.165, 1.54) is 28.8 Å². The number of aliphatic hydroxyl groups excluding tert-OH is 1. The lowest BCUT2D eigenvalue weighted by Gasteiger charge is -2.18. The zero-order chi connectivity index (χ0) is 19.1. The Bertz CT molecular complexity index is 1020. The first-order valence-electron chi connectivity index (χ1n) is 10.1. The number of carbonyl (C=O) groups is 1. The first kappa shape index (κ1) is 17.8. The summed E-state index contributed by atoms with van der Waals surface area (Å²) >= 11 is 1.73. The second-order valence-corrected chi connectivity index (χ2v) is 8.95. The van der Waals surface area contributed by atoms with E-state index in [2.05, 4.69) is 11.1 Å². The molecular weight excluding hydrogens is 368 g/mol. The SMILES string of the molecule is O=C(c1csc2c1CCCC2)N1C[C@@H](Cc2ccnc3ccccc23)[C@H](O)C1. The monoisotopic (exact) mass is 392 g/mol. The average molecular weight is 393 g/mol. The van der Waals surface area contributed by atoms with Crippen LogP contribution in [0.15, 0.2) is 41.9 Å². The number of para-hydroxylation sites is 1. The summed E-state index contributed by atoms with van der Waals surface area (Å²) in [6.07, 6.45) is 6.63. The van der Waals surface area contributed by atoms with Gasteiger partial charge in [-0.2, -0.15) is 0 Å². The Labute approximate surface area is 168 Å². The van der Waals surface area contributed by atoms with Crippen molar-refractivity contribution >= 4 is 28.1 Å². The lowest BCUT2D eigenvalue weighted by atomic mass is 9.94. The predicted molar refractivity (Wildman–Crippen MR) is 112 cm³/mol. The topological polar surface area (TPSA) is 53.4 Å². The maximum absolute atomic E-state index is 13.1. The van der Waals surface area contributed by atoms with E-state index in [1.54, 1.807) is 11.3 Å². The molecule has 144 valence electrons. The van der Waals surface area contributed by atoms with Crippen LogP contribution < -0.4 is 0 Å². The summed E-state index contributed by atoms with van der Waals surface area (Å²) in [5, 5.41) is 13.8. The van der Waals surface area contributed by atoms with Gasteiger partial charge >= 0.3 is 0 Å². The molecule has 0 unspecified atom stereocenters. The fourth-order valence-electron chi connectivity index (χ4n) is 4.68. The lowest BCUT2D eigenvalue weighted by molar-refractivity contribution is 0.0764. The molecule has 0 radical (unpaired) electrons. The third-order valence-electron chi connectivity index (χ3n) is 6.21. The molecule has 1 aromatic carbocycles. The van der Waals surface area contributed by atoms with Crippen molar-refractivity contribution in [1.29, 1.82) is 0 Å². The summed E-state index contributed by atoms with van der Waals surface area (Å²) in [5.41, 5.74) is 4.31. The van der Waals surface area contributed by atoms with Crippen molar-refractivity contribution < 1.29 is 9.90 Å². The van der Waals surface area contributed by atoms with E-state index in [0.717, 1.165) is 35.7 Å². The molecule has 2 atom stereocenters. The summed E-state index contributed by atoms with van der Waals surface area (Å²) in [5.74, 6) is 0.157. The number of benzene rings is 1. The molecule has 1 fully saturated rings. The van der Waals surface area contributed by atoms with Crippen LogP contribution in [-0.2, 0) is 19.3 Å². The van der Waals surface area contributed by atoms with Gasteiger partial charge in [0.05, 0.1) is 17.2 Å². The van der Waals surface area contributed by atoms with Crippen LogP contribution in [0.5, 0.6) is 0 Å². The number of hydrogen-bond acceptors (Lipinski definition) is 4. The molecule has 1 aliphatic carbocycles. The van der Waals surface area contributed by atoms with Crippen LogP contribution in [0.4, 0.5) is 0 Å². The van der Waals surface area contributed by atoms with E-state index in [1.807, 2.05) is 40.7 Å². The normalized spacial score (nSPS) is 21.8. The van der Waals surface area contributed by atoms with Crippen LogP contribution in [0.1, 0.15) is 39.2 Å². The second kappa shape index (κ2) is 7.30. The number of pyridine rings is 1. The minimum atomic E-state index is -0.481. The number of likely N-dealkylation sites (tertiary alicyclic amines) is 1. The van der Waals surface area contributed by atoms with E-state index in [4.69, 9.17) is 0 Å². The number of fused-ring (bicyclic) bond motifs is 2. The second-order valence-electron chi connectivity index (χ2n) is 7.99. The number of amides is 1. The molecule has 4 nitrogen and oxygen atoms in total. The van der Waals surface area contributed by atoms with Crippen molar-refractivity contribution in [1.82, 2.24) is 9.88 Å². The van der Waals surface area contributed by atoms with Gasteiger partial charge in [0.2, 0.25) is 0 Å². The zero-order valence-corrected chi connectivity index (χ0v) is 16.6. The number of nitrogens with zero attached hydrogens (tertiary/aromatic N) is 2. The lowest BCUT2D eigenvalue weighted by Crippen LogP contribution is -2.30. The van der Waals surface area contributed by atoms with Crippen molar-refractivity contribution in [2.75, 3.05) is 13.1 Å². The van der Waals surface area contributed by atoms with Gasteiger partial charge in [-0.25, -0.2) is 0 Å². The molecule has 1 aliphatic heterocycles. The van der Waals surface area contributed by atoms with Gasteiger partial charge in [0.15, 0.2) is 0 Å². The first-order valence-corrected chi connectivity index (χ1v) is 11.0. The Morgan fingerprint density at radius 2 is 2.04 bits per heavy atom. The molecule has 2 aromatic heterocycles. The van der Waals surface area contributed by atoms with Crippen LogP contribution in [0.3, 0.4) is 0 Å². The number of aliphatic hydroxyl groups is 1. The highest BCUT2D eigenvalue weighted by Gasteiger charge is 2.36. The summed E-state index contributed by atoms with van der Waals surface area (Å²) in [6.45, 7) is 1.04. The maximum Gasteiger partial charge on any atom is 0.255 e. The van der Waals surface area contributed by atoms with Crippen molar-refractivity contribution in [3.8, 4) is 0 Å². The number of thiophene rings is 1. The van der Waals surface area contributed by atoms with E-state index < -0.39 is 6.10 Å². The molecule has 1 amide bonds. The molecule has 5 heteroatoms. The molecule has 0 spiro atoms. The molecule has 1 N–H and O–H groups in total. The summed E-state index contributed by atoms with van der Waals surface area (Å²) < 4.78 is 0. The van der Waals surface area contributed by atoms with E-state index in [9.17, 15) is 9.90 Å². The predicted octanol–water partition coefficient (Wildman–Crippen LogP) is 3.85. The first-order chi connectivity index (χ1) is 13.7. The molecule has 0 saturated carbocycles. The van der Waals surface area contributed by atoms with Crippen LogP contribution in [-0.4, -0.2) is 40.1 Å². The van der Waals surface area contributed by atoms with Gasteiger partial charge in [-0.05, 0) is 55.4 Å². The Balaban J connectivity index is 1.35. The number of aromatic nitrogens is 1. The Morgan fingerprint density at radius 3 is 2.96 bits per heavy atom. The van der Waals surface area contributed by atoms with Gasteiger partial charge in [-0.3, -0.25) is 9.78 Å². The molecule has 0 bridgehead atoms. The molecule has 1 saturated heterocycles. The largest absolute Gasteiger partial charge is 0.391 e. The third kappa shape index (κ3) is 3.12. The highest BCUT2D eigenvalue weighted by molar-refractivity contribution is 7.10. The standard InChI is InChI=1S/C23H24N2O2S/c26-21-13-25(23(27)19-14-28-22-8-4-2-6-18(19)22)12-16(21)11-15-9-10-24-20-7-3-1-5-17(15)20/h1,3,5,7,9-10,14,16,21,26H,2,4,6,8,11-13H2/t16-,21-/m1/s1. The van der Waals surface area contributed by atoms with Crippen molar-refractivity contribution in [3.05, 3.63) is 63.5 Å². The zero-order valence-electron chi connectivity index (χ0n) is 15.8. The third-order valence-corrected chi connectivity index (χ3v) is 7.30. The number of rotatable bonds is 3. The minimum Gasteiger partial charge on any atom is -0.391 e. The number of aryl methyl sites for hydroxylation is 1. The molecular formula is C23H24N2O2S. The highest BCUT2D eigenvalue weighted by Crippen LogP contribution is 2.33. The van der Waals surface area contributed by atoms with Gasteiger partial charge in [0, 0.05) is 40.8 Å². The van der Waals surface area contributed by atoms with Crippen molar-refractivity contribution in [3.63, 3.8) is 0 Å². The van der Waals surface area contributed by atoms with Crippen molar-refractivity contribution in [2.24, 2.45) is 5.92 Å². The van der Waals surface area contributed by atoms with E-state index in [-0.39, 0.29) is 11.8 Å². The number of β-amino-alcohol motifs (C(OH)–C–C–N with tert-alkyl or cyclic N) is 1. The Hall–Kier alpha value is -2.24. The van der Waals surface area contributed by atoms with Crippen LogP contribution >= 0.6 is 11.3 Å². The summed E-state index contributed by atoms with van der Waals surface area (Å²) in [6, 6.07) is 10.1. The maximum atomic E-state index is 13.1. The fourth-order valence-corrected chi connectivity index (χ4v) is 5.80. The van der Waals surface area contributed by atoms with Gasteiger partial charge in [0.1, 0.15) is 0 Å². The van der Waals surface area contributed by atoms with Crippen molar-refractivity contribution in [2.45, 2.75) is 38.2 Å². The smallest absolute Gasteiger partial charge is 0.255 e. The van der Waals surface area contributed by atoms with E-state index in [0.29, 0.717) is 13.1 Å². The van der Waals surface area contributed by atoms with Crippen LogP contribution in [0.25, 0.3) is 10.9 Å². The number of carbonyl (C=O) groups excluding carboxylic acids is 1. The quantitative estimate of drug-likeness (QED) is 0.737. The van der Waals surface area contributed by atoms with Crippen LogP contribution in [0.2, 0.25) is 0 Å². The van der Waals surface area contributed by atoms with Crippen LogP contribution in [0, 0.1) is 5.92 Å². The van der Waals surface area contributed by atoms with Gasteiger partial charge in [0.25, 0.3) is 5.91 Å². The Kier molecular flexibility index (Phi) is 4.65. The summed E-state index contributed by atoms with van der Waals surface area (Å²) in [7, 11) is 0. The van der Waals surface area contributed by atoms with Gasteiger partial charge in [-0.1, -0.05) is 18.2 Å². The molecule has 3 heterocycles. The molecule has 3 aromatic rings. The number of hydrogen-bond donors (Lipinski definition) is 1. The minimum absolute atomic E-state index is 0.0595. The fraction of sp³-hybridized carbons (Fsp3) is 0.391. The highest BCUT2D eigenvalue weighted by atomic mass is 32.1. The Morgan fingerprint density at radius 1 is 1.18 bits per heavy atom. The van der Waals surface area contributed by atoms with E-state index >= 15 is 0 Å². The molecule has 2 aliphatic rings. The van der Waals surface area contributed by atoms with Gasteiger partial charge in [-0.15, -0.1) is 11.3 Å². The van der Waals surface area contributed by atoms with Gasteiger partial charge < -0.3 is 10.0 Å². The summed E-state index contributed by atoms with van der Waals surface area (Å²) in [4.78, 5) is 20.8. The molecule has 28 heavy (non-hydrogen) atoms.